The van der Waals surface area contributed by atoms with Crippen molar-refractivity contribution in [2.75, 3.05) is 11.5 Å². The minimum absolute atomic E-state index is 0.138. The van der Waals surface area contributed by atoms with Gasteiger partial charge in [-0.05, 0) is 32.8 Å². The first-order chi connectivity index (χ1) is 11.3. The molecular weight excluding hydrogens is 360 g/mol. The molecule has 1 saturated heterocycles. The number of rotatable bonds is 3. The molecule has 1 aliphatic rings. The molecule has 142 valence electrons. The van der Waals surface area contributed by atoms with Crippen molar-refractivity contribution in [1.29, 1.82) is 0 Å². The zero-order valence-corrected chi connectivity index (χ0v) is 20.2. The summed E-state index contributed by atoms with van der Waals surface area (Å²) in [6.07, 6.45) is 0. The molecule has 0 amide bonds. The van der Waals surface area contributed by atoms with E-state index in [1.165, 1.54) is 17.1 Å². The van der Waals surface area contributed by atoms with Crippen LogP contribution >= 0.6 is 23.5 Å². The first-order valence-electron chi connectivity index (χ1n) is 9.32. The zero-order valence-electron chi connectivity index (χ0n) is 17.5. The van der Waals surface area contributed by atoms with Gasteiger partial charge in [0.15, 0.2) is 0 Å². The molecule has 0 bridgehead atoms. The Morgan fingerprint density at radius 1 is 0.760 bits per heavy atom. The third-order valence-electron chi connectivity index (χ3n) is 5.21. The molecule has 1 aromatic rings. The van der Waals surface area contributed by atoms with Crippen LogP contribution in [0.2, 0.25) is 15.1 Å². The lowest BCUT2D eigenvalue weighted by molar-refractivity contribution is 0.373. The molecular formula is C21H36OS2Si. The van der Waals surface area contributed by atoms with Crippen LogP contribution in [-0.2, 0) is 0 Å². The standard InChI is InChI=1S/C21H36OS2Si/c1-19(2,3)25(20(4,5)6,21(7,8)9)22-17-12-10-16(11-13-17)18-23-14-15-24-18/h10-13,18H,14-15H2,1-9H3. The third kappa shape index (κ3) is 4.11. The fourth-order valence-corrected chi connectivity index (χ4v) is 16.3. The van der Waals surface area contributed by atoms with Gasteiger partial charge in [0.25, 0.3) is 8.32 Å². The second-order valence-corrected chi connectivity index (χ2v) is 19.0. The van der Waals surface area contributed by atoms with Crippen LogP contribution in [0.3, 0.4) is 0 Å². The number of benzene rings is 1. The predicted molar refractivity (Wildman–Crippen MR) is 120 cm³/mol. The maximum atomic E-state index is 7.04. The van der Waals surface area contributed by atoms with Gasteiger partial charge in [-0.3, -0.25) is 0 Å². The number of hydrogen-bond acceptors (Lipinski definition) is 3. The smallest absolute Gasteiger partial charge is 0.267 e. The molecule has 1 aliphatic heterocycles. The molecule has 1 fully saturated rings. The Bertz CT molecular complexity index is 534. The normalized spacial score (nSPS) is 17.8. The Morgan fingerprint density at radius 3 is 1.52 bits per heavy atom. The highest BCUT2D eigenvalue weighted by Gasteiger charge is 2.63. The molecule has 25 heavy (non-hydrogen) atoms. The van der Waals surface area contributed by atoms with E-state index in [2.05, 4.69) is 110 Å². The fraction of sp³-hybridized carbons (Fsp3) is 0.714. The lowest BCUT2D eigenvalue weighted by atomic mass is 10.2. The number of thioether (sulfide) groups is 2. The van der Waals surface area contributed by atoms with E-state index < -0.39 is 8.32 Å². The molecule has 1 aromatic carbocycles. The van der Waals surface area contributed by atoms with Crippen molar-refractivity contribution in [2.45, 2.75) is 82.0 Å². The second kappa shape index (κ2) is 7.16. The second-order valence-electron chi connectivity index (χ2n) is 10.2. The zero-order chi connectivity index (χ0) is 19.1. The summed E-state index contributed by atoms with van der Waals surface area (Å²) in [7, 11) is -2.20. The van der Waals surface area contributed by atoms with Gasteiger partial charge in [-0.1, -0.05) is 74.4 Å². The predicted octanol–water partition coefficient (Wildman–Crippen LogP) is 7.89. The Hall–Kier alpha value is -0.0631. The van der Waals surface area contributed by atoms with E-state index in [4.69, 9.17) is 4.43 Å². The van der Waals surface area contributed by atoms with E-state index in [1.54, 1.807) is 0 Å². The van der Waals surface area contributed by atoms with Gasteiger partial charge in [-0.15, -0.1) is 23.5 Å². The van der Waals surface area contributed by atoms with Crippen molar-refractivity contribution in [3.63, 3.8) is 0 Å². The SMILES string of the molecule is CC(C)(C)[Si](Oc1ccc(C2SCCS2)cc1)(C(C)(C)C)C(C)(C)C. The van der Waals surface area contributed by atoms with E-state index in [0.29, 0.717) is 4.58 Å². The minimum Gasteiger partial charge on any atom is -0.542 e. The maximum Gasteiger partial charge on any atom is 0.267 e. The Balaban J connectivity index is 2.40. The Kier molecular flexibility index (Phi) is 6.08. The Labute approximate surface area is 165 Å². The monoisotopic (exact) mass is 396 g/mol. The van der Waals surface area contributed by atoms with E-state index in [0.717, 1.165) is 5.75 Å². The Morgan fingerprint density at radius 2 is 1.16 bits per heavy atom. The fourth-order valence-electron chi connectivity index (χ4n) is 5.25. The first kappa shape index (κ1) is 21.2. The topological polar surface area (TPSA) is 9.23 Å². The summed E-state index contributed by atoms with van der Waals surface area (Å²) in [5, 5.41) is 0.415. The van der Waals surface area contributed by atoms with Gasteiger partial charge >= 0.3 is 0 Å². The summed E-state index contributed by atoms with van der Waals surface area (Å²) in [6.45, 7) is 21.3. The van der Waals surface area contributed by atoms with Crippen LogP contribution in [0.1, 0.15) is 72.5 Å². The van der Waals surface area contributed by atoms with Crippen LogP contribution in [0.5, 0.6) is 5.75 Å². The summed E-state index contributed by atoms with van der Waals surface area (Å²) in [6, 6.07) is 8.97. The van der Waals surface area contributed by atoms with E-state index in [1.807, 2.05) is 0 Å². The third-order valence-corrected chi connectivity index (χ3v) is 15.2. The molecule has 1 heterocycles. The van der Waals surface area contributed by atoms with E-state index >= 15 is 0 Å². The molecule has 0 saturated carbocycles. The summed E-state index contributed by atoms with van der Waals surface area (Å²) in [5.41, 5.74) is 1.43. The van der Waals surface area contributed by atoms with Crippen molar-refractivity contribution in [3.05, 3.63) is 29.8 Å². The largest absolute Gasteiger partial charge is 0.542 e. The van der Waals surface area contributed by atoms with Gasteiger partial charge < -0.3 is 4.43 Å². The van der Waals surface area contributed by atoms with Crippen molar-refractivity contribution in [3.8, 4) is 5.75 Å². The first-order valence-corrected chi connectivity index (χ1v) is 13.3. The summed E-state index contributed by atoms with van der Waals surface area (Å²) < 4.78 is 7.64. The quantitative estimate of drug-likeness (QED) is 0.481. The molecule has 0 unspecified atom stereocenters. The average molecular weight is 397 g/mol. The molecule has 1 nitrogen and oxygen atoms in total. The molecule has 0 N–H and O–H groups in total. The summed E-state index contributed by atoms with van der Waals surface area (Å²) in [4.78, 5) is 0. The molecule has 0 aromatic heterocycles. The van der Waals surface area contributed by atoms with Gasteiger partial charge in [-0.2, -0.15) is 0 Å². The average Bonchev–Trinajstić information content (AvgIpc) is 2.95. The molecule has 4 heteroatoms. The summed E-state index contributed by atoms with van der Waals surface area (Å²) >= 11 is 4.12. The van der Waals surface area contributed by atoms with Crippen molar-refractivity contribution < 1.29 is 4.43 Å². The van der Waals surface area contributed by atoms with Gasteiger partial charge in [0.2, 0.25) is 0 Å². The lowest BCUT2D eigenvalue weighted by Crippen LogP contribution is -2.63. The van der Waals surface area contributed by atoms with Crippen LogP contribution in [-0.4, -0.2) is 19.8 Å². The maximum absolute atomic E-state index is 7.04. The van der Waals surface area contributed by atoms with Gasteiger partial charge in [0, 0.05) is 11.5 Å². The summed E-state index contributed by atoms with van der Waals surface area (Å²) in [5.74, 6) is 3.58. The highest BCUT2D eigenvalue weighted by Crippen LogP contribution is 2.62. The van der Waals surface area contributed by atoms with Crippen LogP contribution in [0.25, 0.3) is 0 Å². The van der Waals surface area contributed by atoms with E-state index in [-0.39, 0.29) is 15.1 Å². The van der Waals surface area contributed by atoms with Gasteiger partial charge in [0.05, 0.1) is 4.58 Å². The van der Waals surface area contributed by atoms with Gasteiger partial charge in [0.1, 0.15) is 5.75 Å². The van der Waals surface area contributed by atoms with Crippen LogP contribution in [0.4, 0.5) is 0 Å². The van der Waals surface area contributed by atoms with Crippen LogP contribution in [0, 0.1) is 0 Å². The van der Waals surface area contributed by atoms with Crippen molar-refractivity contribution in [1.82, 2.24) is 0 Å². The lowest BCUT2D eigenvalue weighted by Gasteiger charge is -2.57. The number of hydrogen-bond donors (Lipinski definition) is 0. The molecule has 0 aliphatic carbocycles. The minimum atomic E-state index is -2.20. The van der Waals surface area contributed by atoms with Crippen molar-refractivity contribution in [2.24, 2.45) is 0 Å². The van der Waals surface area contributed by atoms with Crippen LogP contribution < -0.4 is 4.43 Å². The van der Waals surface area contributed by atoms with Gasteiger partial charge in [-0.25, -0.2) is 0 Å². The van der Waals surface area contributed by atoms with Crippen molar-refractivity contribution >= 4 is 31.8 Å². The molecule has 2 rings (SSSR count). The molecule has 0 spiro atoms. The molecule has 0 atom stereocenters. The van der Waals surface area contributed by atoms with E-state index in [9.17, 15) is 0 Å². The highest BCUT2D eigenvalue weighted by molar-refractivity contribution is 8.19. The molecule has 0 radical (unpaired) electrons. The van der Waals surface area contributed by atoms with Crippen LogP contribution in [0.15, 0.2) is 24.3 Å². The highest BCUT2D eigenvalue weighted by atomic mass is 32.2.